The minimum absolute atomic E-state index is 0. The summed E-state index contributed by atoms with van der Waals surface area (Å²) in [5.41, 5.74) is 1.24. The molecule has 0 aliphatic heterocycles. The molecule has 0 fully saturated rings. The van der Waals surface area contributed by atoms with E-state index in [0.29, 0.717) is 19.5 Å². The number of aliphatic imine (C=N–C) groups is 1. The van der Waals surface area contributed by atoms with E-state index < -0.39 is 10.0 Å². The Bertz CT molecular complexity index is 611. The lowest BCUT2D eigenvalue weighted by molar-refractivity contribution is 0.584. The number of sulfonamides is 1. The third-order valence-corrected chi connectivity index (χ3v) is 4.36. The monoisotopic (exact) mass is 497 g/mol. The van der Waals surface area contributed by atoms with Crippen LogP contribution in [0.15, 0.2) is 35.3 Å². The fourth-order valence-corrected chi connectivity index (χ4v) is 2.87. The third-order valence-electron chi connectivity index (χ3n) is 3.63. The number of nitrogens with one attached hydrogen (secondary N) is 3. The van der Waals surface area contributed by atoms with E-state index in [0.717, 1.165) is 38.3 Å². The van der Waals surface area contributed by atoms with Crippen LogP contribution in [0.1, 0.15) is 19.8 Å². The molecule has 0 spiro atoms. The quantitative estimate of drug-likeness (QED) is 0.187. The highest BCUT2D eigenvalue weighted by Crippen LogP contribution is 2.12. The zero-order chi connectivity index (χ0) is 18.5. The molecular weight excluding hydrogens is 465 g/mol. The van der Waals surface area contributed by atoms with Gasteiger partial charge in [-0.2, -0.15) is 0 Å². The average Bonchev–Trinajstić information content (AvgIpc) is 2.59. The van der Waals surface area contributed by atoms with Gasteiger partial charge < -0.3 is 15.5 Å². The van der Waals surface area contributed by atoms with E-state index in [1.807, 2.05) is 6.07 Å². The first kappa shape index (κ1) is 24.9. The SMILES string of the molecule is CCN(CCCNC(=NC)NCCCNS(C)(=O)=O)c1ccccc1.I. The van der Waals surface area contributed by atoms with E-state index >= 15 is 0 Å². The first-order valence-corrected chi connectivity index (χ1v) is 10.5. The number of guanidine groups is 1. The van der Waals surface area contributed by atoms with Crippen LogP contribution < -0.4 is 20.3 Å². The molecule has 0 heterocycles. The van der Waals surface area contributed by atoms with Gasteiger partial charge in [0, 0.05) is 45.5 Å². The number of halogens is 1. The van der Waals surface area contributed by atoms with Gasteiger partial charge in [-0.25, -0.2) is 13.1 Å². The van der Waals surface area contributed by atoms with Crippen molar-refractivity contribution in [1.29, 1.82) is 0 Å². The molecule has 1 aromatic carbocycles. The van der Waals surface area contributed by atoms with Crippen molar-refractivity contribution in [3.63, 3.8) is 0 Å². The second kappa shape index (κ2) is 14.0. The summed E-state index contributed by atoms with van der Waals surface area (Å²) in [6, 6.07) is 10.4. The largest absolute Gasteiger partial charge is 0.372 e. The molecule has 0 saturated heterocycles. The number of nitrogens with zero attached hydrogens (tertiary/aromatic N) is 2. The van der Waals surface area contributed by atoms with Gasteiger partial charge in [0.1, 0.15) is 0 Å². The van der Waals surface area contributed by atoms with Gasteiger partial charge in [0.05, 0.1) is 6.26 Å². The molecule has 0 radical (unpaired) electrons. The predicted molar refractivity (Wildman–Crippen MR) is 121 cm³/mol. The molecule has 9 heteroatoms. The predicted octanol–water partition coefficient (Wildman–Crippen LogP) is 1.63. The zero-order valence-electron chi connectivity index (χ0n) is 15.9. The third kappa shape index (κ3) is 11.5. The van der Waals surface area contributed by atoms with Crippen LogP contribution in [0, 0.1) is 0 Å². The van der Waals surface area contributed by atoms with Gasteiger partial charge in [0.25, 0.3) is 0 Å². The summed E-state index contributed by atoms with van der Waals surface area (Å²) in [6.45, 7) is 6.02. The molecule has 1 aromatic rings. The summed E-state index contributed by atoms with van der Waals surface area (Å²) in [5.74, 6) is 0.738. The van der Waals surface area contributed by atoms with Gasteiger partial charge >= 0.3 is 0 Å². The van der Waals surface area contributed by atoms with Crippen LogP contribution in [0.3, 0.4) is 0 Å². The number of rotatable bonds is 11. The minimum Gasteiger partial charge on any atom is -0.372 e. The Hall–Kier alpha value is -1.07. The number of anilines is 1. The van der Waals surface area contributed by atoms with E-state index in [2.05, 4.69) is 56.4 Å². The summed E-state index contributed by atoms with van der Waals surface area (Å²) < 4.78 is 24.4. The number of para-hydroxylation sites is 1. The van der Waals surface area contributed by atoms with Crippen molar-refractivity contribution in [2.75, 3.05) is 50.9 Å². The first-order valence-electron chi connectivity index (χ1n) is 8.65. The van der Waals surface area contributed by atoms with Gasteiger partial charge in [-0.15, -0.1) is 24.0 Å². The average molecular weight is 497 g/mol. The number of hydrogen-bond acceptors (Lipinski definition) is 4. The lowest BCUT2D eigenvalue weighted by Gasteiger charge is -2.23. The fourth-order valence-electron chi connectivity index (χ4n) is 2.36. The highest BCUT2D eigenvalue weighted by molar-refractivity contribution is 14.0. The molecule has 0 saturated carbocycles. The molecule has 0 atom stereocenters. The van der Waals surface area contributed by atoms with Crippen LogP contribution in [0.4, 0.5) is 5.69 Å². The molecule has 0 aliphatic rings. The van der Waals surface area contributed by atoms with E-state index in [9.17, 15) is 8.42 Å². The standard InChI is InChI=1S/C17H31N5O2S.HI/c1-4-22(16-10-6-5-7-11-16)15-9-13-20-17(18-2)19-12-8-14-21-25(3,23)24;/h5-7,10-11,21H,4,8-9,12-15H2,1-3H3,(H2,18,19,20);1H. The molecule has 150 valence electrons. The molecule has 0 aliphatic carbocycles. The second-order valence-electron chi connectivity index (χ2n) is 5.71. The molecule has 3 N–H and O–H groups in total. The van der Waals surface area contributed by atoms with Crippen molar-refractivity contribution in [3.8, 4) is 0 Å². The first-order chi connectivity index (χ1) is 12.0. The highest BCUT2D eigenvalue weighted by Gasteiger charge is 2.04. The van der Waals surface area contributed by atoms with Gasteiger partial charge in [0.15, 0.2) is 5.96 Å². The van der Waals surface area contributed by atoms with Crippen molar-refractivity contribution in [2.24, 2.45) is 4.99 Å². The van der Waals surface area contributed by atoms with Crippen molar-refractivity contribution >= 4 is 45.6 Å². The van der Waals surface area contributed by atoms with Gasteiger partial charge in [-0.3, -0.25) is 4.99 Å². The molecule has 26 heavy (non-hydrogen) atoms. The van der Waals surface area contributed by atoms with Crippen molar-refractivity contribution in [1.82, 2.24) is 15.4 Å². The molecular formula is C17H32IN5O2S. The molecule has 0 bridgehead atoms. The molecule has 0 aromatic heterocycles. The Morgan fingerprint density at radius 2 is 1.69 bits per heavy atom. The topological polar surface area (TPSA) is 85.8 Å². The molecule has 0 amide bonds. The molecule has 0 unspecified atom stereocenters. The number of hydrogen-bond donors (Lipinski definition) is 3. The number of benzene rings is 1. The highest BCUT2D eigenvalue weighted by atomic mass is 127. The van der Waals surface area contributed by atoms with Crippen LogP contribution in [0.5, 0.6) is 0 Å². The normalized spacial score (nSPS) is 11.6. The van der Waals surface area contributed by atoms with E-state index in [1.165, 1.54) is 5.69 Å². The van der Waals surface area contributed by atoms with Gasteiger partial charge in [-0.1, -0.05) is 18.2 Å². The van der Waals surface area contributed by atoms with Gasteiger partial charge in [0.2, 0.25) is 10.0 Å². The van der Waals surface area contributed by atoms with E-state index in [-0.39, 0.29) is 24.0 Å². The van der Waals surface area contributed by atoms with Crippen molar-refractivity contribution in [3.05, 3.63) is 30.3 Å². The van der Waals surface area contributed by atoms with E-state index in [1.54, 1.807) is 7.05 Å². The molecule has 7 nitrogen and oxygen atoms in total. The Labute approximate surface area is 175 Å². The van der Waals surface area contributed by atoms with Crippen LogP contribution in [-0.2, 0) is 10.0 Å². The Morgan fingerprint density at radius 1 is 1.08 bits per heavy atom. The maximum Gasteiger partial charge on any atom is 0.208 e. The van der Waals surface area contributed by atoms with Crippen LogP contribution in [0.2, 0.25) is 0 Å². The Morgan fingerprint density at radius 3 is 2.23 bits per heavy atom. The maximum atomic E-state index is 11.0. The van der Waals surface area contributed by atoms with Crippen LogP contribution in [-0.4, -0.2) is 60.4 Å². The second-order valence-corrected chi connectivity index (χ2v) is 7.55. The summed E-state index contributed by atoms with van der Waals surface area (Å²) in [4.78, 5) is 6.51. The minimum atomic E-state index is -3.11. The van der Waals surface area contributed by atoms with E-state index in [4.69, 9.17) is 0 Å². The fraction of sp³-hybridized carbons (Fsp3) is 0.588. The maximum absolute atomic E-state index is 11.0. The summed E-state index contributed by atoms with van der Waals surface area (Å²) in [5, 5.41) is 6.46. The van der Waals surface area contributed by atoms with Crippen LogP contribution >= 0.6 is 24.0 Å². The lowest BCUT2D eigenvalue weighted by Crippen LogP contribution is -2.40. The Kier molecular flexibility index (Phi) is 13.5. The summed E-state index contributed by atoms with van der Waals surface area (Å²) in [6.07, 6.45) is 2.86. The molecule has 1 rings (SSSR count). The lowest BCUT2D eigenvalue weighted by atomic mass is 10.2. The van der Waals surface area contributed by atoms with Gasteiger partial charge in [-0.05, 0) is 31.9 Å². The summed E-state index contributed by atoms with van der Waals surface area (Å²) >= 11 is 0. The van der Waals surface area contributed by atoms with Crippen LogP contribution in [0.25, 0.3) is 0 Å². The summed E-state index contributed by atoms with van der Waals surface area (Å²) in [7, 11) is -1.38. The van der Waals surface area contributed by atoms with Crippen molar-refractivity contribution in [2.45, 2.75) is 19.8 Å². The Balaban J connectivity index is 0.00000625. The van der Waals surface area contributed by atoms with Crippen molar-refractivity contribution < 1.29 is 8.42 Å². The smallest absolute Gasteiger partial charge is 0.208 e. The zero-order valence-corrected chi connectivity index (χ0v) is 19.0.